The number of para-hydroxylation sites is 1. The maximum Gasteiger partial charge on any atom is 0.339 e. The second-order valence-corrected chi connectivity index (χ2v) is 7.46. The average Bonchev–Trinajstić information content (AvgIpc) is 3.17. The SMILES string of the molecule is O=C(OCc1cc(Cl)cc2c1OCOC2)c1c2c(nc3ccccc13)CCC2. The van der Waals surface area contributed by atoms with Gasteiger partial charge in [0.05, 0.1) is 17.7 Å². The fourth-order valence-electron chi connectivity index (χ4n) is 4.02. The minimum atomic E-state index is -0.336. The van der Waals surface area contributed by atoms with Gasteiger partial charge in [0.2, 0.25) is 0 Å². The number of hydrogen-bond acceptors (Lipinski definition) is 5. The number of carbonyl (C=O) groups is 1. The van der Waals surface area contributed by atoms with E-state index in [0.29, 0.717) is 22.9 Å². The molecular formula is C22H18ClNO4. The van der Waals surface area contributed by atoms with Gasteiger partial charge in [-0.3, -0.25) is 4.98 Å². The van der Waals surface area contributed by atoms with E-state index in [0.717, 1.165) is 52.5 Å². The number of rotatable bonds is 3. The molecule has 0 N–H and O–H groups in total. The lowest BCUT2D eigenvalue weighted by molar-refractivity contribution is -0.0180. The zero-order valence-corrected chi connectivity index (χ0v) is 15.9. The van der Waals surface area contributed by atoms with E-state index in [2.05, 4.69) is 0 Å². The maximum absolute atomic E-state index is 13.1. The van der Waals surface area contributed by atoms with Crippen LogP contribution >= 0.6 is 11.6 Å². The van der Waals surface area contributed by atoms with Crippen molar-refractivity contribution in [2.24, 2.45) is 0 Å². The predicted octanol–water partition coefficient (Wildman–Crippen LogP) is 4.60. The summed E-state index contributed by atoms with van der Waals surface area (Å²) < 4.78 is 16.6. The van der Waals surface area contributed by atoms with Crippen LogP contribution in [0.2, 0.25) is 5.02 Å². The molecule has 142 valence electrons. The zero-order valence-electron chi connectivity index (χ0n) is 15.2. The van der Waals surface area contributed by atoms with Crippen LogP contribution in [0, 0.1) is 0 Å². The van der Waals surface area contributed by atoms with Crippen LogP contribution in [0.1, 0.15) is 39.2 Å². The number of nitrogens with zero attached hydrogens (tertiary/aromatic N) is 1. The third-order valence-corrected chi connectivity index (χ3v) is 5.45. The molecule has 2 aliphatic rings. The topological polar surface area (TPSA) is 57.7 Å². The first-order valence-electron chi connectivity index (χ1n) is 9.30. The van der Waals surface area contributed by atoms with Crippen molar-refractivity contribution in [2.45, 2.75) is 32.5 Å². The summed E-state index contributed by atoms with van der Waals surface area (Å²) in [5, 5.41) is 1.40. The normalized spacial score (nSPS) is 15.0. The predicted molar refractivity (Wildman–Crippen MR) is 105 cm³/mol. The van der Waals surface area contributed by atoms with Gasteiger partial charge in [-0.05, 0) is 43.0 Å². The van der Waals surface area contributed by atoms with Crippen molar-refractivity contribution in [2.75, 3.05) is 6.79 Å². The quantitative estimate of drug-likeness (QED) is 0.606. The van der Waals surface area contributed by atoms with Crippen LogP contribution in [-0.4, -0.2) is 17.7 Å². The maximum atomic E-state index is 13.1. The Labute approximate surface area is 167 Å². The summed E-state index contributed by atoms with van der Waals surface area (Å²) in [7, 11) is 0. The summed E-state index contributed by atoms with van der Waals surface area (Å²) in [6.07, 6.45) is 2.76. The molecule has 2 aromatic carbocycles. The van der Waals surface area contributed by atoms with Gasteiger partial charge in [-0.1, -0.05) is 29.8 Å². The summed E-state index contributed by atoms with van der Waals surface area (Å²) in [6, 6.07) is 11.3. The molecule has 1 aromatic heterocycles. The summed E-state index contributed by atoms with van der Waals surface area (Å²) in [5.74, 6) is 0.353. The van der Waals surface area contributed by atoms with Gasteiger partial charge in [0, 0.05) is 27.2 Å². The van der Waals surface area contributed by atoms with E-state index in [1.807, 2.05) is 30.3 Å². The van der Waals surface area contributed by atoms with E-state index in [-0.39, 0.29) is 19.4 Å². The van der Waals surface area contributed by atoms with E-state index in [4.69, 9.17) is 30.8 Å². The molecule has 6 heteroatoms. The highest BCUT2D eigenvalue weighted by Gasteiger charge is 2.25. The first-order chi connectivity index (χ1) is 13.7. The molecule has 5 rings (SSSR count). The Morgan fingerprint density at radius 3 is 3.04 bits per heavy atom. The molecule has 1 aliphatic carbocycles. The molecular weight excluding hydrogens is 378 g/mol. The van der Waals surface area contributed by atoms with E-state index in [9.17, 15) is 4.79 Å². The van der Waals surface area contributed by atoms with Crippen molar-refractivity contribution in [1.29, 1.82) is 0 Å². The second kappa shape index (κ2) is 7.08. The molecule has 1 aliphatic heterocycles. The van der Waals surface area contributed by atoms with E-state index in [1.165, 1.54) is 0 Å². The molecule has 0 amide bonds. The van der Waals surface area contributed by atoms with E-state index >= 15 is 0 Å². The van der Waals surface area contributed by atoms with Crippen molar-refractivity contribution < 1.29 is 19.0 Å². The number of benzene rings is 2. The summed E-state index contributed by atoms with van der Waals surface area (Å²) in [4.78, 5) is 17.8. The van der Waals surface area contributed by atoms with Gasteiger partial charge in [-0.25, -0.2) is 4.79 Å². The Balaban J connectivity index is 1.49. The van der Waals surface area contributed by atoms with E-state index in [1.54, 1.807) is 6.07 Å². The third-order valence-electron chi connectivity index (χ3n) is 5.23. The molecule has 28 heavy (non-hydrogen) atoms. The van der Waals surface area contributed by atoms with Gasteiger partial charge in [-0.2, -0.15) is 0 Å². The van der Waals surface area contributed by atoms with Crippen LogP contribution in [-0.2, 0) is 35.5 Å². The van der Waals surface area contributed by atoms with Crippen LogP contribution in [0.5, 0.6) is 5.75 Å². The van der Waals surface area contributed by atoms with Gasteiger partial charge in [0.15, 0.2) is 6.79 Å². The van der Waals surface area contributed by atoms with Gasteiger partial charge in [0.25, 0.3) is 0 Å². The lowest BCUT2D eigenvalue weighted by atomic mass is 10.0. The molecule has 0 radical (unpaired) electrons. The number of fused-ring (bicyclic) bond motifs is 3. The molecule has 0 saturated heterocycles. The number of aryl methyl sites for hydroxylation is 1. The van der Waals surface area contributed by atoms with Gasteiger partial charge < -0.3 is 14.2 Å². The van der Waals surface area contributed by atoms with Gasteiger partial charge in [-0.15, -0.1) is 0 Å². The molecule has 0 saturated carbocycles. The van der Waals surface area contributed by atoms with Crippen molar-refractivity contribution >= 4 is 28.5 Å². The standard InChI is InChI=1S/C22H18ClNO4/c23-15-8-13-10-26-12-28-21(13)14(9-15)11-27-22(25)20-16-4-1-2-6-18(16)24-19-7-3-5-17(19)20/h1-2,4,6,8-9H,3,5,7,10-12H2. The summed E-state index contributed by atoms with van der Waals surface area (Å²) >= 11 is 6.21. The van der Waals surface area contributed by atoms with Gasteiger partial charge >= 0.3 is 5.97 Å². The smallest absolute Gasteiger partial charge is 0.339 e. The second-order valence-electron chi connectivity index (χ2n) is 7.02. The highest BCUT2D eigenvalue weighted by molar-refractivity contribution is 6.30. The number of hydrogen-bond donors (Lipinski definition) is 0. The van der Waals surface area contributed by atoms with Crippen molar-refractivity contribution in [1.82, 2.24) is 4.98 Å². The Kier molecular flexibility index (Phi) is 4.41. The lowest BCUT2D eigenvalue weighted by Gasteiger charge is -2.21. The minimum Gasteiger partial charge on any atom is -0.467 e. The van der Waals surface area contributed by atoms with Crippen LogP contribution in [0.3, 0.4) is 0 Å². The fraction of sp³-hybridized carbons (Fsp3) is 0.273. The van der Waals surface area contributed by atoms with Crippen molar-refractivity contribution in [3.05, 3.63) is 69.4 Å². The van der Waals surface area contributed by atoms with E-state index < -0.39 is 0 Å². The first kappa shape index (κ1) is 17.5. The Bertz CT molecular complexity index is 1100. The van der Waals surface area contributed by atoms with Gasteiger partial charge in [0.1, 0.15) is 12.4 Å². The molecule has 0 atom stereocenters. The minimum absolute atomic E-state index is 0.0904. The number of pyridine rings is 1. The number of ether oxygens (including phenoxy) is 3. The number of halogens is 1. The number of esters is 1. The first-order valence-corrected chi connectivity index (χ1v) is 9.68. The molecule has 0 fully saturated rings. The average molecular weight is 396 g/mol. The van der Waals surface area contributed by atoms with Crippen LogP contribution < -0.4 is 4.74 Å². The Morgan fingerprint density at radius 2 is 2.11 bits per heavy atom. The lowest BCUT2D eigenvalue weighted by Crippen LogP contribution is -2.15. The summed E-state index contributed by atoms with van der Waals surface area (Å²) in [5.41, 5.74) is 5.09. The number of aromatic nitrogens is 1. The molecule has 0 spiro atoms. The van der Waals surface area contributed by atoms with Crippen molar-refractivity contribution in [3.8, 4) is 5.75 Å². The van der Waals surface area contributed by atoms with Crippen LogP contribution in [0.4, 0.5) is 0 Å². The molecule has 5 nitrogen and oxygen atoms in total. The zero-order chi connectivity index (χ0) is 19.1. The number of carbonyl (C=O) groups excluding carboxylic acids is 1. The Morgan fingerprint density at radius 1 is 1.21 bits per heavy atom. The molecule has 3 aromatic rings. The monoisotopic (exact) mass is 395 g/mol. The summed E-state index contributed by atoms with van der Waals surface area (Å²) in [6.45, 7) is 0.699. The third kappa shape index (κ3) is 3.01. The highest BCUT2D eigenvalue weighted by Crippen LogP contribution is 2.34. The van der Waals surface area contributed by atoms with Crippen LogP contribution in [0.25, 0.3) is 10.9 Å². The molecule has 0 unspecified atom stereocenters. The molecule has 2 heterocycles. The molecule has 0 bridgehead atoms. The Hall–Kier alpha value is -2.63. The van der Waals surface area contributed by atoms with Crippen molar-refractivity contribution in [3.63, 3.8) is 0 Å². The largest absolute Gasteiger partial charge is 0.467 e. The van der Waals surface area contributed by atoms with Crippen LogP contribution in [0.15, 0.2) is 36.4 Å². The fourth-order valence-corrected chi connectivity index (χ4v) is 4.29. The highest BCUT2D eigenvalue weighted by atomic mass is 35.5.